The van der Waals surface area contributed by atoms with Crippen molar-refractivity contribution < 1.29 is 13.6 Å². The van der Waals surface area contributed by atoms with Gasteiger partial charge in [0.05, 0.1) is 16.8 Å². The predicted molar refractivity (Wildman–Crippen MR) is 83.9 cm³/mol. The van der Waals surface area contributed by atoms with Gasteiger partial charge < -0.3 is 10.3 Å². The molecule has 0 saturated carbocycles. The third-order valence-electron chi connectivity index (χ3n) is 3.19. The molecule has 0 unspecified atom stereocenters. The largest absolute Gasteiger partial charge is 0.355 e. The van der Waals surface area contributed by atoms with Crippen LogP contribution < -0.4 is 5.32 Å². The third-order valence-corrected chi connectivity index (χ3v) is 4.07. The molecule has 2 rings (SSSR count). The number of aromatic amines is 1. The average molecular weight is 327 g/mol. The second kappa shape index (κ2) is 8.12. The third kappa shape index (κ3) is 4.69. The van der Waals surface area contributed by atoms with Gasteiger partial charge in [0, 0.05) is 18.7 Å². The summed E-state index contributed by atoms with van der Waals surface area (Å²) in [6.45, 7) is 2.82. The molecule has 1 aromatic carbocycles. The second-order valence-corrected chi connectivity index (χ2v) is 5.99. The first-order valence-corrected chi connectivity index (χ1v) is 8.33. The molecule has 0 bridgehead atoms. The van der Waals surface area contributed by atoms with Gasteiger partial charge in [0.25, 0.3) is 0 Å². The van der Waals surface area contributed by atoms with Crippen molar-refractivity contribution in [2.24, 2.45) is 0 Å². The summed E-state index contributed by atoms with van der Waals surface area (Å²) < 4.78 is 26.2. The minimum atomic E-state index is -0.930. The molecule has 0 aliphatic heterocycles. The normalized spacial score (nSPS) is 11.0. The summed E-state index contributed by atoms with van der Waals surface area (Å²) >= 11 is 1.21. The standard InChI is InChI=1S/C15H19F2N3OS/c1-2-3-4-5-6-18-14(21)9-22-15-19-12-7-10(16)11(17)8-13(12)20-15/h7-8H,2-6,9H2,1H3,(H,18,21)(H,19,20). The summed E-state index contributed by atoms with van der Waals surface area (Å²) in [5.41, 5.74) is 0.766. The topological polar surface area (TPSA) is 57.8 Å². The molecular weight excluding hydrogens is 308 g/mol. The smallest absolute Gasteiger partial charge is 0.230 e. The van der Waals surface area contributed by atoms with Crippen molar-refractivity contribution in [2.45, 2.75) is 37.8 Å². The summed E-state index contributed by atoms with van der Waals surface area (Å²) in [6.07, 6.45) is 4.44. The number of unbranched alkanes of at least 4 members (excludes halogenated alkanes) is 3. The lowest BCUT2D eigenvalue weighted by molar-refractivity contribution is -0.118. The maximum absolute atomic E-state index is 13.1. The quantitative estimate of drug-likeness (QED) is 0.575. The zero-order valence-electron chi connectivity index (χ0n) is 12.4. The van der Waals surface area contributed by atoms with Crippen LogP contribution in [0.15, 0.2) is 17.3 Å². The number of fused-ring (bicyclic) bond motifs is 1. The fourth-order valence-corrected chi connectivity index (χ4v) is 2.73. The molecule has 0 spiro atoms. The van der Waals surface area contributed by atoms with Crippen LogP contribution in [0.2, 0.25) is 0 Å². The Labute approximate surface area is 132 Å². The number of thioether (sulfide) groups is 1. The van der Waals surface area contributed by atoms with E-state index in [1.807, 2.05) is 0 Å². The number of carbonyl (C=O) groups is 1. The number of rotatable bonds is 8. The van der Waals surface area contributed by atoms with E-state index in [0.29, 0.717) is 22.7 Å². The number of halogens is 2. The van der Waals surface area contributed by atoms with Gasteiger partial charge in [-0.1, -0.05) is 37.9 Å². The number of hydrogen-bond acceptors (Lipinski definition) is 3. The van der Waals surface area contributed by atoms with E-state index in [1.165, 1.54) is 18.2 Å². The highest BCUT2D eigenvalue weighted by Gasteiger charge is 2.10. The van der Waals surface area contributed by atoms with Gasteiger partial charge in [-0.05, 0) is 6.42 Å². The Morgan fingerprint density at radius 3 is 2.82 bits per heavy atom. The lowest BCUT2D eigenvalue weighted by Crippen LogP contribution is -2.26. The molecule has 0 fully saturated rings. The average Bonchev–Trinajstić information content (AvgIpc) is 2.87. The zero-order valence-corrected chi connectivity index (χ0v) is 13.2. The minimum absolute atomic E-state index is 0.0701. The predicted octanol–water partition coefficient (Wildman–Crippen LogP) is 3.63. The molecule has 22 heavy (non-hydrogen) atoms. The van der Waals surface area contributed by atoms with Crippen LogP contribution in [0.3, 0.4) is 0 Å². The molecule has 1 amide bonds. The van der Waals surface area contributed by atoms with Crippen LogP contribution in [0.25, 0.3) is 11.0 Å². The van der Waals surface area contributed by atoms with E-state index in [1.54, 1.807) is 0 Å². The van der Waals surface area contributed by atoms with Crippen molar-refractivity contribution in [2.75, 3.05) is 12.3 Å². The number of H-pyrrole nitrogens is 1. The first-order chi connectivity index (χ1) is 10.6. The van der Waals surface area contributed by atoms with E-state index >= 15 is 0 Å². The van der Waals surface area contributed by atoms with E-state index in [-0.39, 0.29) is 11.7 Å². The molecule has 0 saturated heterocycles. The maximum Gasteiger partial charge on any atom is 0.230 e. The summed E-state index contributed by atoms with van der Waals surface area (Å²) in [6, 6.07) is 2.11. The lowest BCUT2D eigenvalue weighted by Gasteiger charge is -2.03. The van der Waals surface area contributed by atoms with Crippen molar-refractivity contribution in [3.8, 4) is 0 Å². The highest BCUT2D eigenvalue weighted by Crippen LogP contribution is 2.21. The molecular formula is C15H19F2N3OS. The van der Waals surface area contributed by atoms with E-state index in [4.69, 9.17) is 0 Å². The number of nitrogens with zero attached hydrogens (tertiary/aromatic N) is 1. The summed E-state index contributed by atoms with van der Waals surface area (Å²) in [5.74, 6) is -1.70. The molecule has 1 heterocycles. The number of aromatic nitrogens is 2. The summed E-state index contributed by atoms with van der Waals surface area (Å²) in [5, 5.41) is 3.32. The van der Waals surface area contributed by atoms with Gasteiger partial charge in [-0.3, -0.25) is 4.79 Å². The van der Waals surface area contributed by atoms with Crippen molar-refractivity contribution in [3.05, 3.63) is 23.8 Å². The Morgan fingerprint density at radius 1 is 1.27 bits per heavy atom. The molecule has 7 heteroatoms. The fraction of sp³-hybridized carbons (Fsp3) is 0.467. The Kier molecular flexibility index (Phi) is 6.18. The van der Waals surface area contributed by atoms with Crippen molar-refractivity contribution in [3.63, 3.8) is 0 Å². The van der Waals surface area contributed by atoms with Gasteiger partial charge in [-0.15, -0.1) is 0 Å². The maximum atomic E-state index is 13.1. The van der Waals surface area contributed by atoms with Gasteiger partial charge in [0.2, 0.25) is 5.91 Å². The molecule has 2 aromatic rings. The minimum Gasteiger partial charge on any atom is -0.355 e. The van der Waals surface area contributed by atoms with E-state index in [0.717, 1.165) is 31.4 Å². The SMILES string of the molecule is CCCCCCNC(=O)CSc1nc2cc(F)c(F)cc2[nH]1. The number of benzene rings is 1. The first-order valence-electron chi connectivity index (χ1n) is 7.34. The monoisotopic (exact) mass is 327 g/mol. The van der Waals surface area contributed by atoms with Crippen LogP contribution >= 0.6 is 11.8 Å². The zero-order chi connectivity index (χ0) is 15.9. The highest BCUT2D eigenvalue weighted by atomic mass is 32.2. The molecule has 0 aliphatic rings. The van der Waals surface area contributed by atoms with Crippen LogP contribution in [-0.2, 0) is 4.79 Å². The fourth-order valence-electron chi connectivity index (χ4n) is 2.01. The summed E-state index contributed by atoms with van der Waals surface area (Å²) in [4.78, 5) is 18.7. The first kappa shape index (κ1) is 16.7. The molecule has 0 aliphatic carbocycles. The lowest BCUT2D eigenvalue weighted by atomic mass is 10.2. The summed E-state index contributed by atoms with van der Waals surface area (Å²) in [7, 11) is 0. The number of imidazole rings is 1. The van der Waals surface area contributed by atoms with E-state index in [2.05, 4.69) is 22.2 Å². The Morgan fingerprint density at radius 2 is 2.05 bits per heavy atom. The molecule has 0 radical (unpaired) electrons. The van der Waals surface area contributed by atoms with E-state index < -0.39 is 11.6 Å². The van der Waals surface area contributed by atoms with Crippen molar-refractivity contribution >= 4 is 28.7 Å². The number of nitrogens with one attached hydrogen (secondary N) is 2. The van der Waals surface area contributed by atoms with Gasteiger partial charge in [-0.2, -0.15) is 0 Å². The number of amides is 1. The highest BCUT2D eigenvalue weighted by molar-refractivity contribution is 7.99. The molecule has 2 N–H and O–H groups in total. The van der Waals surface area contributed by atoms with Crippen LogP contribution in [0.5, 0.6) is 0 Å². The van der Waals surface area contributed by atoms with E-state index in [9.17, 15) is 13.6 Å². The molecule has 4 nitrogen and oxygen atoms in total. The van der Waals surface area contributed by atoms with Gasteiger partial charge in [0.1, 0.15) is 0 Å². The number of carbonyl (C=O) groups excluding carboxylic acids is 1. The van der Waals surface area contributed by atoms with Gasteiger partial charge >= 0.3 is 0 Å². The van der Waals surface area contributed by atoms with Gasteiger partial charge in [0.15, 0.2) is 16.8 Å². The second-order valence-electron chi connectivity index (χ2n) is 5.02. The van der Waals surface area contributed by atoms with Gasteiger partial charge in [-0.25, -0.2) is 13.8 Å². The van der Waals surface area contributed by atoms with Crippen LogP contribution in [0, 0.1) is 11.6 Å². The van der Waals surface area contributed by atoms with Crippen LogP contribution in [-0.4, -0.2) is 28.2 Å². The molecule has 0 atom stereocenters. The molecule has 120 valence electrons. The van der Waals surface area contributed by atoms with Crippen molar-refractivity contribution in [1.82, 2.24) is 15.3 Å². The number of hydrogen-bond donors (Lipinski definition) is 2. The van der Waals surface area contributed by atoms with Crippen molar-refractivity contribution in [1.29, 1.82) is 0 Å². The van der Waals surface area contributed by atoms with Crippen LogP contribution in [0.4, 0.5) is 8.78 Å². The Hall–Kier alpha value is -1.63. The molecule has 1 aromatic heterocycles. The Bertz CT molecular complexity index is 606. The Balaban J connectivity index is 1.80. The van der Waals surface area contributed by atoms with Crippen LogP contribution in [0.1, 0.15) is 32.6 Å².